The molecule has 2 aromatic carbocycles. The summed E-state index contributed by atoms with van der Waals surface area (Å²) in [6.45, 7) is 0.473. The molecule has 3 rings (SSSR count). The lowest BCUT2D eigenvalue weighted by Crippen LogP contribution is -2.31. The van der Waals surface area contributed by atoms with Gasteiger partial charge in [0.25, 0.3) is 0 Å². The molecule has 23 heavy (non-hydrogen) atoms. The molecule has 4 nitrogen and oxygen atoms in total. The Morgan fingerprint density at radius 2 is 1.52 bits per heavy atom. The molecule has 0 radical (unpaired) electrons. The minimum absolute atomic E-state index is 0.181. The van der Waals surface area contributed by atoms with Crippen LogP contribution in [-0.4, -0.2) is 26.8 Å². The number of hydrogen-bond donors (Lipinski definition) is 2. The summed E-state index contributed by atoms with van der Waals surface area (Å²) >= 11 is 5.86. The van der Waals surface area contributed by atoms with E-state index in [0.29, 0.717) is 5.02 Å². The molecular formula is C17H19ClN2O2S. The number of nitrogens with two attached hydrogens (primary N) is 2. The Balaban J connectivity index is 2.05. The molecule has 0 bridgehead atoms. The fourth-order valence-corrected chi connectivity index (χ4v) is 6.05. The lowest BCUT2D eigenvalue weighted by molar-refractivity contribution is 0.510. The van der Waals surface area contributed by atoms with Gasteiger partial charge in [0.1, 0.15) is 0 Å². The van der Waals surface area contributed by atoms with Crippen molar-refractivity contribution >= 4 is 21.4 Å². The van der Waals surface area contributed by atoms with E-state index in [0.717, 1.165) is 5.56 Å². The Kier molecular flexibility index (Phi) is 4.23. The van der Waals surface area contributed by atoms with Gasteiger partial charge in [0.15, 0.2) is 9.84 Å². The third-order valence-electron chi connectivity index (χ3n) is 4.77. The standard InChI is InChI=1S/C17H19ClN2O2S/c18-13-6-8-14(9-7-13)23(21,22)16-15(17(16,10-19)11-20)12-4-2-1-3-5-12/h1-9,15-16H,10-11,19-20H2/t15-,16-/m0/s1. The van der Waals surface area contributed by atoms with E-state index in [1.54, 1.807) is 12.1 Å². The lowest BCUT2D eigenvalue weighted by Gasteiger charge is -2.13. The van der Waals surface area contributed by atoms with Gasteiger partial charge in [-0.3, -0.25) is 0 Å². The van der Waals surface area contributed by atoms with Crippen molar-refractivity contribution < 1.29 is 8.42 Å². The molecule has 0 aromatic heterocycles. The summed E-state index contributed by atoms with van der Waals surface area (Å²) in [5.41, 5.74) is 12.2. The molecular weight excluding hydrogens is 332 g/mol. The van der Waals surface area contributed by atoms with Crippen LogP contribution in [0.2, 0.25) is 5.02 Å². The molecule has 6 heteroatoms. The summed E-state index contributed by atoms with van der Waals surface area (Å²) in [5.74, 6) is -0.181. The molecule has 4 N–H and O–H groups in total. The second-order valence-corrected chi connectivity index (χ2v) is 8.46. The molecule has 2 atom stereocenters. The van der Waals surface area contributed by atoms with Crippen LogP contribution in [0.1, 0.15) is 11.5 Å². The number of benzene rings is 2. The quantitative estimate of drug-likeness (QED) is 0.865. The van der Waals surface area contributed by atoms with Gasteiger partial charge in [0.2, 0.25) is 0 Å². The monoisotopic (exact) mass is 350 g/mol. The van der Waals surface area contributed by atoms with Crippen LogP contribution in [0.5, 0.6) is 0 Å². The maximum Gasteiger partial charge on any atom is 0.182 e. The molecule has 0 aliphatic heterocycles. The molecule has 1 aliphatic rings. The highest BCUT2D eigenvalue weighted by atomic mass is 35.5. The molecule has 0 amide bonds. The molecule has 0 spiro atoms. The van der Waals surface area contributed by atoms with E-state index in [2.05, 4.69) is 0 Å². The van der Waals surface area contributed by atoms with Crippen LogP contribution in [-0.2, 0) is 9.84 Å². The van der Waals surface area contributed by atoms with Crippen LogP contribution < -0.4 is 11.5 Å². The molecule has 1 saturated carbocycles. The fraction of sp³-hybridized carbons (Fsp3) is 0.294. The van der Waals surface area contributed by atoms with E-state index >= 15 is 0 Å². The van der Waals surface area contributed by atoms with Crippen LogP contribution in [0.15, 0.2) is 59.5 Å². The number of sulfone groups is 1. The highest BCUT2D eigenvalue weighted by Crippen LogP contribution is 2.62. The Morgan fingerprint density at radius 1 is 0.957 bits per heavy atom. The van der Waals surface area contributed by atoms with E-state index in [4.69, 9.17) is 23.1 Å². The SMILES string of the molecule is NCC1(CN)[C@@H](c2ccccc2)[C@@H]1S(=O)(=O)c1ccc(Cl)cc1. The molecule has 1 fully saturated rings. The number of hydrogen-bond acceptors (Lipinski definition) is 4. The largest absolute Gasteiger partial charge is 0.330 e. The summed E-state index contributed by atoms with van der Waals surface area (Å²) in [5, 5.41) is -0.100. The van der Waals surface area contributed by atoms with Crippen molar-refractivity contribution in [1.82, 2.24) is 0 Å². The average Bonchev–Trinajstić information content (AvgIpc) is 3.27. The Labute approximate surface area is 141 Å². The minimum atomic E-state index is -3.53. The smallest absolute Gasteiger partial charge is 0.182 e. The van der Waals surface area contributed by atoms with Crippen molar-refractivity contribution in [3.8, 4) is 0 Å². The topological polar surface area (TPSA) is 86.2 Å². The normalized spacial score (nSPS) is 22.7. The predicted molar refractivity (Wildman–Crippen MR) is 92.2 cm³/mol. The van der Waals surface area contributed by atoms with Crippen LogP contribution in [0.25, 0.3) is 0 Å². The van der Waals surface area contributed by atoms with Crippen LogP contribution in [0, 0.1) is 5.41 Å². The van der Waals surface area contributed by atoms with Crippen LogP contribution in [0.4, 0.5) is 0 Å². The van der Waals surface area contributed by atoms with Gasteiger partial charge in [-0.2, -0.15) is 0 Å². The van der Waals surface area contributed by atoms with Gasteiger partial charge in [-0.05, 0) is 29.8 Å². The van der Waals surface area contributed by atoms with Crippen LogP contribution in [0.3, 0.4) is 0 Å². The number of halogens is 1. The second-order valence-electron chi connectivity index (χ2n) is 5.95. The summed E-state index contributed by atoms with van der Waals surface area (Å²) < 4.78 is 26.1. The molecule has 122 valence electrons. The summed E-state index contributed by atoms with van der Waals surface area (Å²) in [6.07, 6.45) is 0. The third-order valence-corrected chi connectivity index (χ3v) is 7.37. The maximum absolute atomic E-state index is 13.1. The van der Waals surface area contributed by atoms with Crippen molar-refractivity contribution in [3.05, 3.63) is 65.2 Å². The molecule has 0 heterocycles. The Hall–Kier alpha value is -1.40. The zero-order valence-electron chi connectivity index (χ0n) is 12.5. The van der Waals surface area contributed by atoms with Crippen molar-refractivity contribution in [3.63, 3.8) is 0 Å². The molecule has 0 unspecified atom stereocenters. The average molecular weight is 351 g/mol. The van der Waals surface area contributed by atoms with E-state index in [1.165, 1.54) is 12.1 Å². The highest BCUT2D eigenvalue weighted by molar-refractivity contribution is 7.92. The molecule has 2 aromatic rings. The van der Waals surface area contributed by atoms with Crippen LogP contribution >= 0.6 is 11.6 Å². The van der Waals surface area contributed by atoms with E-state index < -0.39 is 20.5 Å². The van der Waals surface area contributed by atoms with Gasteiger partial charge in [-0.1, -0.05) is 41.9 Å². The van der Waals surface area contributed by atoms with Crippen molar-refractivity contribution in [2.75, 3.05) is 13.1 Å². The summed E-state index contributed by atoms with van der Waals surface area (Å²) in [6, 6.07) is 15.8. The predicted octanol–water partition coefficient (Wildman–Crippen LogP) is 2.18. The zero-order valence-corrected chi connectivity index (χ0v) is 14.1. The molecule has 1 aliphatic carbocycles. The van der Waals surface area contributed by atoms with Gasteiger partial charge in [0, 0.05) is 29.4 Å². The van der Waals surface area contributed by atoms with E-state index in [9.17, 15) is 8.42 Å². The maximum atomic E-state index is 13.1. The van der Waals surface area contributed by atoms with E-state index in [-0.39, 0.29) is 23.9 Å². The van der Waals surface area contributed by atoms with E-state index in [1.807, 2.05) is 30.3 Å². The number of rotatable bonds is 5. The van der Waals surface area contributed by atoms with Gasteiger partial charge in [-0.25, -0.2) is 8.42 Å². The Morgan fingerprint density at radius 3 is 2.04 bits per heavy atom. The summed E-state index contributed by atoms with van der Waals surface area (Å²) in [4.78, 5) is 0.261. The van der Waals surface area contributed by atoms with Crippen molar-refractivity contribution in [2.24, 2.45) is 16.9 Å². The third kappa shape index (κ3) is 2.58. The highest BCUT2D eigenvalue weighted by Gasteiger charge is 2.69. The van der Waals surface area contributed by atoms with Gasteiger partial charge in [0.05, 0.1) is 10.1 Å². The van der Waals surface area contributed by atoms with Gasteiger partial charge in [-0.15, -0.1) is 0 Å². The first-order valence-corrected chi connectivity index (χ1v) is 9.34. The second kappa shape index (κ2) is 5.91. The van der Waals surface area contributed by atoms with Crippen molar-refractivity contribution in [1.29, 1.82) is 0 Å². The summed E-state index contributed by atoms with van der Waals surface area (Å²) in [7, 11) is -3.53. The minimum Gasteiger partial charge on any atom is -0.330 e. The van der Waals surface area contributed by atoms with Gasteiger partial charge >= 0.3 is 0 Å². The zero-order chi connectivity index (χ0) is 16.7. The first-order chi connectivity index (χ1) is 11.0. The fourth-order valence-electron chi connectivity index (χ4n) is 3.45. The molecule has 0 saturated heterocycles. The lowest BCUT2D eigenvalue weighted by atomic mass is 9.99. The Bertz CT molecular complexity index is 787. The first kappa shape index (κ1) is 16.5. The van der Waals surface area contributed by atoms with Crippen molar-refractivity contribution in [2.45, 2.75) is 16.1 Å². The first-order valence-electron chi connectivity index (χ1n) is 7.42. The van der Waals surface area contributed by atoms with Gasteiger partial charge < -0.3 is 11.5 Å².